The van der Waals surface area contributed by atoms with Crippen molar-refractivity contribution >= 4 is 17.5 Å². The van der Waals surface area contributed by atoms with Crippen molar-refractivity contribution in [3.8, 4) is 0 Å². The minimum atomic E-state index is 0.140. The van der Waals surface area contributed by atoms with Crippen LogP contribution in [0.1, 0.15) is 24.5 Å². The second kappa shape index (κ2) is 7.79. The van der Waals surface area contributed by atoms with Crippen molar-refractivity contribution in [2.24, 2.45) is 0 Å². The molecular weight excluding hydrogens is 284 g/mol. The van der Waals surface area contributed by atoms with E-state index in [0.29, 0.717) is 31.0 Å². The number of pyridine rings is 1. The number of aryl methyl sites for hydroxylation is 1. The smallest absolute Gasteiger partial charge is 0.223 e. The third kappa shape index (κ3) is 4.57. The third-order valence-electron chi connectivity index (χ3n) is 3.40. The lowest BCUT2D eigenvalue weighted by molar-refractivity contribution is -0.131. The maximum absolute atomic E-state index is 12.3. The third-order valence-corrected chi connectivity index (χ3v) is 3.77. The van der Waals surface area contributed by atoms with Gasteiger partial charge in [-0.3, -0.25) is 9.78 Å². The summed E-state index contributed by atoms with van der Waals surface area (Å²) in [5, 5.41) is 0.705. The van der Waals surface area contributed by atoms with E-state index in [1.807, 2.05) is 48.2 Å². The summed E-state index contributed by atoms with van der Waals surface area (Å²) in [6.45, 7) is 3.22. The maximum atomic E-state index is 12.3. The van der Waals surface area contributed by atoms with Gasteiger partial charge in [0, 0.05) is 36.9 Å². The molecule has 4 heteroatoms. The Balaban J connectivity index is 1.94. The first-order chi connectivity index (χ1) is 10.2. The summed E-state index contributed by atoms with van der Waals surface area (Å²) < 4.78 is 0. The molecule has 0 N–H and O–H groups in total. The van der Waals surface area contributed by atoms with Crippen molar-refractivity contribution in [2.45, 2.75) is 26.3 Å². The predicted molar refractivity (Wildman–Crippen MR) is 85.1 cm³/mol. The van der Waals surface area contributed by atoms with Gasteiger partial charge in [0.25, 0.3) is 0 Å². The van der Waals surface area contributed by atoms with Gasteiger partial charge in [-0.25, -0.2) is 0 Å². The lowest BCUT2D eigenvalue weighted by Gasteiger charge is -2.21. The highest BCUT2D eigenvalue weighted by atomic mass is 35.5. The van der Waals surface area contributed by atoms with E-state index in [-0.39, 0.29) is 5.91 Å². The number of halogens is 1. The van der Waals surface area contributed by atoms with Crippen molar-refractivity contribution in [2.75, 3.05) is 6.54 Å². The fourth-order valence-corrected chi connectivity index (χ4v) is 2.36. The summed E-state index contributed by atoms with van der Waals surface area (Å²) in [5.74, 6) is 0.140. The Bertz CT molecular complexity index is 586. The van der Waals surface area contributed by atoms with E-state index in [9.17, 15) is 4.79 Å². The highest BCUT2D eigenvalue weighted by molar-refractivity contribution is 6.31. The molecule has 21 heavy (non-hydrogen) atoms. The molecule has 0 aliphatic heterocycles. The molecule has 3 nitrogen and oxygen atoms in total. The van der Waals surface area contributed by atoms with E-state index in [4.69, 9.17) is 11.6 Å². The average Bonchev–Trinajstić information content (AvgIpc) is 2.53. The number of hydrogen-bond acceptors (Lipinski definition) is 2. The number of aromatic nitrogens is 1. The lowest BCUT2D eigenvalue weighted by Crippen LogP contribution is -2.30. The van der Waals surface area contributed by atoms with E-state index < -0.39 is 0 Å². The van der Waals surface area contributed by atoms with Crippen LogP contribution >= 0.6 is 11.6 Å². The molecule has 1 amide bonds. The summed E-state index contributed by atoms with van der Waals surface area (Å²) in [6, 6.07) is 11.5. The van der Waals surface area contributed by atoms with Crippen molar-refractivity contribution in [3.05, 3.63) is 64.9 Å². The van der Waals surface area contributed by atoms with Crippen LogP contribution in [0.25, 0.3) is 0 Å². The van der Waals surface area contributed by atoms with E-state index in [2.05, 4.69) is 4.98 Å². The van der Waals surface area contributed by atoms with E-state index in [1.54, 1.807) is 12.4 Å². The molecular formula is C17H19ClN2O. The summed E-state index contributed by atoms with van der Waals surface area (Å²) in [6.07, 6.45) is 4.74. The van der Waals surface area contributed by atoms with Crippen LogP contribution in [-0.2, 0) is 17.8 Å². The quantitative estimate of drug-likeness (QED) is 0.815. The molecule has 1 aromatic carbocycles. The Labute approximate surface area is 130 Å². The zero-order chi connectivity index (χ0) is 15.1. The Kier molecular flexibility index (Phi) is 5.76. The first-order valence-electron chi connectivity index (χ1n) is 7.10. The van der Waals surface area contributed by atoms with Crippen molar-refractivity contribution in [3.63, 3.8) is 0 Å². The number of amides is 1. The first kappa shape index (κ1) is 15.5. The maximum Gasteiger partial charge on any atom is 0.223 e. The number of benzene rings is 1. The van der Waals surface area contributed by atoms with Crippen molar-refractivity contribution in [1.82, 2.24) is 9.88 Å². The van der Waals surface area contributed by atoms with Crippen LogP contribution in [0.3, 0.4) is 0 Å². The molecule has 0 atom stereocenters. The molecule has 0 spiro atoms. The molecule has 1 heterocycles. The average molecular weight is 303 g/mol. The molecule has 1 aromatic heterocycles. The number of rotatable bonds is 6. The minimum absolute atomic E-state index is 0.140. The summed E-state index contributed by atoms with van der Waals surface area (Å²) >= 11 is 6.16. The molecule has 0 saturated heterocycles. The van der Waals surface area contributed by atoms with Gasteiger partial charge in [0.15, 0.2) is 0 Å². The molecule has 2 rings (SSSR count). The van der Waals surface area contributed by atoms with Crippen LogP contribution in [0, 0.1) is 0 Å². The van der Waals surface area contributed by atoms with E-state index in [1.165, 1.54) is 0 Å². The number of nitrogens with zero attached hydrogens (tertiary/aromatic N) is 2. The Morgan fingerprint density at radius 3 is 2.71 bits per heavy atom. The Morgan fingerprint density at radius 2 is 2.05 bits per heavy atom. The Morgan fingerprint density at radius 1 is 1.24 bits per heavy atom. The topological polar surface area (TPSA) is 33.2 Å². The fourth-order valence-electron chi connectivity index (χ4n) is 2.16. The van der Waals surface area contributed by atoms with Crippen LogP contribution in [0.15, 0.2) is 48.8 Å². The molecule has 0 radical (unpaired) electrons. The van der Waals surface area contributed by atoms with Crippen LogP contribution in [0.4, 0.5) is 0 Å². The van der Waals surface area contributed by atoms with Gasteiger partial charge < -0.3 is 4.90 Å². The van der Waals surface area contributed by atoms with Gasteiger partial charge in [-0.15, -0.1) is 0 Å². The van der Waals surface area contributed by atoms with Gasteiger partial charge in [0.05, 0.1) is 0 Å². The molecule has 0 aliphatic rings. The monoisotopic (exact) mass is 302 g/mol. The molecule has 0 saturated carbocycles. The summed E-state index contributed by atoms with van der Waals surface area (Å²) in [5.41, 5.74) is 2.07. The molecule has 0 fully saturated rings. The second-order valence-electron chi connectivity index (χ2n) is 4.86. The van der Waals surface area contributed by atoms with E-state index >= 15 is 0 Å². The van der Waals surface area contributed by atoms with Gasteiger partial charge in [-0.2, -0.15) is 0 Å². The molecule has 0 bridgehead atoms. The second-order valence-corrected chi connectivity index (χ2v) is 5.27. The molecule has 0 unspecified atom stereocenters. The normalized spacial score (nSPS) is 10.4. The lowest BCUT2D eigenvalue weighted by atomic mass is 10.1. The van der Waals surface area contributed by atoms with Gasteiger partial charge in [0.2, 0.25) is 5.91 Å². The fraction of sp³-hybridized carbons (Fsp3) is 0.294. The van der Waals surface area contributed by atoms with Crippen LogP contribution < -0.4 is 0 Å². The first-order valence-corrected chi connectivity index (χ1v) is 7.48. The highest BCUT2D eigenvalue weighted by Gasteiger charge is 2.13. The summed E-state index contributed by atoms with van der Waals surface area (Å²) in [4.78, 5) is 18.2. The molecule has 0 aliphatic carbocycles. The van der Waals surface area contributed by atoms with E-state index in [0.717, 1.165) is 11.1 Å². The number of hydrogen-bond donors (Lipinski definition) is 0. The van der Waals surface area contributed by atoms with Crippen molar-refractivity contribution < 1.29 is 4.79 Å². The number of carbonyl (C=O) groups is 1. The van der Waals surface area contributed by atoms with Crippen LogP contribution in [0.5, 0.6) is 0 Å². The minimum Gasteiger partial charge on any atom is -0.339 e. The predicted octanol–water partition coefficient (Wildman–Crippen LogP) is 3.72. The molecule has 2 aromatic rings. The highest BCUT2D eigenvalue weighted by Crippen LogP contribution is 2.17. The van der Waals surface area contributed by atoms with Crippen LogP contribution in [0.2, 0.25) is 5.02 Å². The largest absolute Gasteiger partial charge is 0.339 e. The van der Waals surface area contributed by atoms with Gasteiger partial charge in [-0.05, 0) is 36.6 Å². The van der Waals surface area contributed by atoms with Gasteiger partial charge >= 0.3 is 0 Å². The van der Waals surface area contributed by atoms with Gasteiger partial charge in [-0.1, -0.05) is 35.9 Å². The standard InChI is InChI=1S/C17H19ClN2O/c1-2-20(13-15-7-3-4-8-16(15)18)17(21)10-9-14-6-5-11-19-12-14/h3-8,11-12H,2,9-10,13H2,1H3. The van der Waals surface area contributed by atoms with Gasteiger partial charge in [0.1, 0.15) is 0 Å². The summed E-state index contributed by atoms with van der Waals surface area (Å²) in [7, 11) is 0. The SMILES string of the molecule is CCN(Cc1ccccc1Cl)C(=O)CCc1cccnc1. The van der Waals surface area contributed by atoms with Crippen molar-refractivity contribution in [1.29, 1.82) is 0 Å². The van der Waals surface area contributed by atoms with Crippen LogP contribution in [-0.4, -0.2) is 22.3 Å². The zero-order valence-corrected chi connectivity index (χ0v) is 12.9. The Hall–Kier alpha value is -1.87. The zero-order valence-electron chi connectivity index (χ0n) is 12.1. The number of carbonyl (C=O) groups excluding carboxylic acids is 1. The molecule has 110 valence electrons.